The predicted octanol–water partition coefficient (Wildman–Crippen LogP) is 2.29. The summed E-state index contributed by atoms with van der Waals surface area (Å²) in [6.45, 7) is 0.661. The molecule has 0 atom stereocenters. The molecule has 1 aromatic rings. The maximum atomic E-state index is 12.7. The highest BCUT2D eigenvalue weighted by Crippen LogP contribution is 2.33. The fourth-order valence-corrected chi connectivity index (χ4v) is 3.72. The lowest BCUT2D eigenvalue weighted by Gasteiger charge is -2.30. The molecule has 4 amide bonds. The van der Waals surface area contributed by atoms with E-state index in [1.807, 2.05) is 30.3 Å². The molecule has 0 aromatic heterocycles. The Morgan fingerprint density at radius 2 is 1.84 bits per heavy atom. The zero-order valence-electron chi connectivity index (χ0n) is 14.7. The molecule has 3 rings (SSSR count). The van der Waals surface area contributed by atoms with Crippen molar-refractivity contribution in [3.8, 4) is 0 Å². The van der Waals surface area contributed by atoms with Gasteiger partial charge in [-0.1, -0.05) is 49.6 Å². The minimum atomic E-state index is -0.714. The molecule has 6 heteroatoms. The molecule has 1 aliphatic carbocycles. The molecule has 0 bridgehead atoms. The summed E-state index contributed by atoms with van der Waals surface area (Å²) in [7, 11) is 1.74. The van der Waals surface area contributed by atoms with E-state index in [4.69, 9.17) is 0 Å². The third kappa shape index (κ3) is 3.67. The second kappa shape index (κ2) is 7.25. The molecule has 2 aliphatic rings. The summed E-state index contributed by atoms with van der Waals surface area (Å²) < 4.78 is 0. The summed E-state index contributed by atoms with van der Waals surface area (Å²) >= 11 is 0. The SMILES string of the molecule is CN(Cc1ccccc1)C(=O)CCN1C(=O)NC2(CCCCC2)C1=O. The number of hydrogen-bond acceptors (Lipinski definition) is 3. The highest BCUT2D eigenvalue weighted by molar-refractivity contribution is 6.07. The van der Waals surface area contributed by atoms with Gasteiger partial charge in [0.2, 0.25) is 5.91 Å². The summed E-state index contributed by atoms with van der Waals surface area (Å²) in [5.41, 5.74) is 0.336. The fourth-order valence-electron chi connectivity index (χ4n) is 3.72. The molecular weight excluding hydrogens is 318 g/mol. The molecule has 134 valence electrons. The van der Waals surface area contributed by atoms with E-state index in [1.165, 1.54) is 4.90 Å². The fraction of sp³-hybridized carbons (Fsp3) is 0.526. The molecule has 1 saturated heterocycles. The first-order valence-corrected chi connectivity index (χ1v) is 8.94. The second-order valence-electron chi connectivity index (χ2n) is 7.02. The zero-order chi connectivity index (χ0) is 17.9. The maximum Gasteiger partial charge on any atom is 0.325 e. The molecule has 1 N–H and O–H groups in total. The van der Waals surface area contributed by atoms with Crippen molar-refractivity contribution in [2.24, 2.45) is 0 Å². The number of amides is 4. The lowest BCUT2D eigenvalue weighted by molar-refractivity contribution is -0.134. The Bertz CT molecular complexity index is 653. The molecule has 0 radical (unpaired) electrons. The first-order chi connectivity index (χ1) is 12.0. The van der Waals surface area contributed by atoms with Crippen LogP contribution < -0.4 is 5.32 Å². The van der Waals surface area contributed by atoms with Gasteiger partial charge >= 0.3 is 6.03 Å². The monoisotopic (exact) mass is 343 g/mol. The third-order valence-corrected chi connectivity index (χ3v) is 5.19. The van der Waals surface area contributed by atoms with E-state index in [2.05, 4.69) is 5.32 Å². The number of carbonyl (C=O) groups excluding carboxylic acids is 3. The average Bonchev–Trinajstić information content (AvgIpc) is 2.84. The van der Waals surface area contributed by atoms with Gasteiger partial charge in [0.25, 0.3) is 5.91 Å². The van der Waals surface area contributed by atoms with Crippen molar-refractivity contribution in [3.05, 3.63) is 35.9 Å². The average molecular weight is 343 g/mol. The highest BCUT2D eigenvalue weighted by atomic mass is 16.2. The Morgan fingerprint density at radius 1 is 1.16 bits per heavy atom. The molecule has 0 unspecified atom stereocenters. The quantitative estimate of drug-likeness (QED) is 0.834. The van der Waals surface area contributed by atoms with E-state index in [0.29, 0.717) is 19.4 Å². The number of carbonyl (C=O) groups is 3. The van der Waals surface area contributed by atoms with Crippen LogP contribution in [0.15, 0.2) is 30.3 Å². The molecule has 1 aliphatic heterocycles. The highest BCUT2D eigenvalue weighted by Gasteiger charge is 2.51. The third-order valence-electron chi connectivity index (χ3n) is 5.19. The van der Waals surface area contributed by atoms with Crippen molar-refractivity contribution in [2.75, 3.05) is 13.6 Å². The van der Waals surface area contributed by atoms with Crippen LogP contribution in [0.1, 0.15) is 44.1 Å². The van der Waals surface area contributed by atoms with Crippen LogP contribution in [0.2, 0.25) is 0 Å². The predicted molar refractivity (Wildman–Crippen MR) is 93.6 cm³/mol. The number of nitrogens with one attached hydrogen (secondary N) is 1. The van der Waals surface area contributed by atoms with Crippen molar-refractivity contribution in [2.45, 2.75) is 50.6 Å². The summed E-state index contributed by atoms with van der Waals surface area (Å²) in [4.78, 5) is 40.1. The number of imide groups is 1. The van der Waals surface area contributed by atoms with Gasteiger partial charge in [-0.05, 0) is 18.4 Å². The lowest BCUT2D eigenvalue weighted by atomic mass is 9.82. The number of rotatable bonds is 5. The van der Waals surface area contributed by atoms with E-state index in [0.717, 1.165) is 24.8 Å². The van der Waals surface area contributed by atoms with Gasteiger partial charge in [-0.25, -0.2) is 4.79 Å². The molecular formula is C19H25N3O3. The van der Waals surface area contributed by atoms with Gasteiger partial charge in [0.15, 0.2) is 0 Å². The lowest BCUT2D eigenvalue weighted by Crippen LogP contribution is -2.48. The van der Waals surface area contributed by atoms with Crippen molar-refractivity contribution in [1.82, 2.24) is 15.1 Å². The standard InChI is InChI=1S/C19H25N3O3/c1-21(14-15-8-4-2-5-9-15)16(23)10-13-22-17(24)19(20-18(22)25)11-6-3-7-12-19/h2,4-5,8-9H,3,6-7,10-14H2,1H3,(H,20,25). The molecule has 25 heavy (non-hydrogen) atoms. The number of urea groups is 1. The van der Waals surface area contributed by atoms with Crippen LogP contribution in [-0.4, -0.2) is 46.8 Å². The van der Waals surface area contributed by atoms with Gasteiger partial charge in [-0.15, -0.1) is 0 Å². The largest absolute Gasteiger partial charge is 0.341 e. The molecule has 1 spiro atoms. The minimum Gasteiger partial charge on any atom is -0.341 e. The van der Waals surface area contributed by atoms with Gasteiger partial charge in [-0.3, -0.25) is 14.5 Å². The van der Waals surface area contributed by atoms with Crippen LogP contribution in [0.5, 0.6) is 0 Å². The van der Waals surface area contributed by atoms with Gasteiger partial charge in [0.1, 0.15) is 5.54 Å². The Kier molecular flexibility index (Phi) is 5.06. The van der Waals surface area contributed by atoms with Crippen LogP contribution in [-0.2, 0) is 16.1 Å². The van der Waals surface area contributed by atoms with E-state index < -0.39 is 5.54 Å². The molecule has 2 fully saturated rings. The van der Waals surface area contributed by atoms with Crippen molar-refractivity contribution in [1.29, 1.82) is 0 Å². The smallest absolute Gasteiger partial charge is 0.325 e. The Morgan fingerprint density at radius 3 is 2.52 bits per heavy atom. The second-order valence-corrected chi connectivity index (χ2v) is 7.02. The summed E-state index contributed by atoms with van der Waals surface area (Å²) in [6.07, 6.45) is 4.58. The van der Waals surface area contributed by atoms with E-state index >= 15 is 0 Å². The summed E-state index contributed by atoms with van der Waals surface area (Å²) in [5.74, 6) is -0.232. The van der Waals surface area contributed by atoms with Crippen LogP contribution in [0.3, 0.4) is 0 Å². The van der Waals surface area contributed by atoms with Gasteiger partial charge in [-0.2, -0.15) is 0 Å². The topological polar surface area (TPSA) is 69.7 Å². The molecule has 6 nitrogen and oxygen atoms in total. The maximum absolute atomic E-state index is 12.7. The first kappa shape index (κ1) is 17.5. The Labute approximate surface area is 148 Å². The zero-order valence-corrected chi connectivity index (χ0v) is 14.7. The van der Waals surface area contributed by atoms with Crippen molar-refractivity contribution in [3.63, 3.8) is 0 Å². The van der Waals surface area contributed by atoms with E-state index in [1.54, 1.807) is 11.9 Å². The number of benzene rings is 1. The first-order valence-electron chi connectivity index (χ1n) is 8.94. The van der Waals surface area contributed by atoms with Crippen molar-refractivity contribution >= 4 is 17.8 Å². The molecule has 1 aromatic carbocycles. The van der Waals surface area contributed by atoms with E-state index in [-0.39, 0.29) is 30.8 Å². The molecule has 1 saturated carbocycles. The number of hydrogen-bond donors (Lipinski definition) is 1. The molecule has 1 heterocycles. The van der Waals surface area contributed by atoms with Crippen LogP contribution in [0, 0.1) is 0 Å². The van der Waals surface area contributed by atoms with Crippen LogP contribution in [0.25, 0.3) is 0 Å². The van der Waals surface area contributed by atoms with Crippen LogP contribution >= 0.6 is 0 Å². The van der Waals surface area contributed by atoms with Crippen molar-refractivity contribution < 1.29 is 14.4 Å². The van der Waals surface area contributed by atoms with E-state index in [9.17, 15) is 14.4 Å². The van der Waals surface area contributed by atoms with Gasteiger partial charge in [0.05, 0.1) is 0 Å². The van der Waals surface area contributed by atoms with Gasteiger partial charge < -0.3 is 10.2 Å². The Balaban J connectivity index is 1.55. The summed E-state index contributed by atoms with van der Waals surface area (Å²) in [6, 6.07) is 9.38. The van der Waals surface area contributed by atoms with Crippen LogP contribution in [0.4, 0.5) is 4.79 Å². The number of nitrogens with zero attached hydrogens (tertiary/aromatic N) is 2. The minimum absolute atomic E-state index is 0.0750. The van der Waals surface area contributed by atoms with Gasteiger partial charge in [0, 0.05) is 26.6 Å². The normalized spacial score (nSPS) is 19.2. The Hall–Kier alpha value is -2.37. The summed E-state index contributed by atoms with van der Waals surface area (Å²) in [5, 5.41) is 2.87.